The zero-order valence-electron chi connectivity index (χ0n) is 16.9. The van der Waals surface area contributed by atoms with Crippen molar-refractivity contribution in [2.75, 3.05) is 0 Å². The first-order chi connectivity index (χ1) is 14.7. The Hall–Kier alpha value is -3.48. The van der Waals surface area contributed by atoms with Crippen LogP contribution in [-0.2, 0) is 7.05 Å². The van der Waals surface area contributed by atoms with Crippen molar-refractivity contribution in [3.05, 3.63) is 67.0 Å². The van der Waals surface area contributed by atoms with E-state index in [1.807, 2.05) is 58.9 Å². The van der Waals surface area contributed by atoms with Crippen LogP contribution >= 0.6 is 0 Å². The minimum Gasteiger partial charge on any atom is -0.348 e. The number of aryl methyl sites for hydroxylation is 1. The van der Waals surface area contributed by atoms with Crippen LogP contribution in [0.15, 0.2) is 61.3 Å². The molecule has 1 aliphatic carbocycles. The van der Waals surface area contributed by atoms with Gasteiger partial charge in [-0.15, -0.1) is 0 Å². The number of nitrogens with zero attached hydrogens (tertiary/aromatic N) is 5. The van der Waals surface area contributed by atoms with Gasteiger partial charge in [-0.2, -0.15) is 5.10 Å². The van der Waals surface area contributed by atoms with Gasteiger partial charge in [-0.05, 0) is 43.9 Å². The summed E-state index contributed by atoms with van der Waals surface area (Å²) in [4.78, 5) is 21.1. The predicted octanol–water partition coefficient (Wildman–Crippen LogP) is 3.75. The van der Waals surface area contributed by atoms with E-state index in [0.29, 0.717) is 11.7 Å². The van der Waals surface area contributed by atoms with Crippen LogP contribution in [0.2, 0.25) is 0 Å². The van der Waals surface area contributed by atoms with Crippen molar-refractivity contribution < 1.29 is 4.79 Å². The zero-order valence-corrected chi connectivity index (χ0v) is 16.9. The van der Waals surface area contributed by atoms with Gasteiger partial charge in [0.25, 0.3) is 5.91 Å². The van der Waals surface area contributed by atoms with E-state index in [1.165, 1.54) is 0 Å². The average Bonchev–Trinajstić information content (AvgIpc) is 3.41. The smallest absolute Gasteiger partial charge is 0.268 e. The topological polar surface area (TPSA) is 77.6 Å². The third kappa shape index (κ3) is 3.47. The second-order valence-corrected chi connectivity index (χ2v) is 7.93. The molecule has 0 radical (unpaired) electrons. The van der Waals surface area contributed by atoms with E-state index < -0.39 is 0 Å². The third-order valence-corrected chi connectivity index (χ3v) is 6.07. The first-order valence-electron chi connectivity index (χ1n) is 10.3. The van der Waals surface area contributed by atoms with Crippen LogP contribution in [0, 0.1) is 0 Å². The Morgan fingerprint density at radius 3 is 2.73 bits per heavy atom. The molecule has 3 aromatic heterocycles. The van der Waals surface area contributed by atoms with E-state index in [1.54, 1.807) is 12.5 Å². The van der Waals surface area contributed by atoms with Crippen LogP contribution in [0.5, 0.6) is 0 Å². The van der Waals surface area contributed by atoms with Crippen molar-refractivity contribution in [1.29, 1.82) is 0 Å². The standard InChI is InChI=1S/C23H24N6O/c1-28-21-5-3-2-4-16(21)12-22(28)23(30)27-18-6-8-19(9-7-18)29-14-17(13-26-29)20-10-11-24-15-25-20/h2-5,10-15,18-19H,6-9H2,1H3,(H,27,30). The van der Waals surface area contributed by atoms with E-state index >= 15 is 0 Å². The molecule has 3 heterocycles. The van der Waals surface area contributed by atoms with Crippen molar-refractivity contribution in [2.45, 2.75) is 37.8 Å². The van der Waals surface area contributed by atoms with Gasteiger partial charge in [-0.3, -0.25) is 9.48 Å². The normalized spacial score (nSPS) is 19.1. The number of rotatable bonds is 4. The fourth-order valence-corrected chi connectivity index (χ4v) is 4.38. The van der Waals surface area contributed by atoms with E-state index in [9.17, 15) is 4.79 Å². The lowest BCUT2D eigenvalue weighted by Crippen LogP contribution is -2.38. The Kier molecular flexibility index (Phi) is 4.78. The Labute approximate surface area is 174 Å². The molecule has 0 bridgehead atoms. The van der Waals surface area contributed by atoms with Gasteiger partial charge in [0.05, 0.1) is 17.9 Å². The maximum absolute atomic E-state index is 12.9. The molecule has 7 heteroatoms. The minimum atomic E-state index is 0.00212. The molecule has 30 heavy (non-hydrogen) atoms. The molecular weight excluding hydrogens is 376 g/mol. The number of aromatic nitrogens is 5. The fourth-order valence-electron chi connectivity index (χ4n) is 4.38. The van der Waals surface area contributed by atoms with E-state index in [4.69, 9.17) is 0 Å². The highest BCUT2D eigenvalue weighted by atomic mass is 16.2. The Balaban J connectivity index is 1.21. The molecule has 1 aliphatic rings. The van der Waals surface area contributed by atoms with Gasteiger partial charge < -0.3 is 9.88 Å². The average molecular weight is 400 g/mol. The number of benzene rings is 1. The lowest BCUT2D eigenvalue weighted by atomic mass is 9.91. The molecule has 1 aromatic carbocycles. The number of fused-ring (bicyclic) bond motifs is 1. The summed E-state index contributed by atoms with van der Waals surface area (Å²) in [6, 6.07) is 12.5. The monoisotopic (exact) mass is 400 g/mol. The predicted molar refractivity (Wildman–Crippen MR) is 115 cm³/mol. The van der Waals surface area contributed by atoms with Crippen LogP contribution in [0.3, 0.4) is 0 Å². The first-order valence-corrected chi connectivity index (χ1v) is 10.3. The summed E-state index contributed by atoms with van der Waals surface area (Å²) in [6.45, 7) is 0. The summed E-state index contributed by atoms with van der Waals surface area (Å²) < 4.78 is 4.01. The minimum absolute atomic E-state index is 0.00212. The molecule has 1 N–H and O–H groups in total. The van der Waals surface area contributed by atoms with E-state index in [2.05, 4.69) is 26.6 Å². The summed E-state index contributed by atoms with van der Waals surface area (Å²) in [7, 11) is 1.95. The zero-order chi connectivity index (χ0) is 20.5. The van der Waals surface area contributed by atoms with Gasteiger partial charge in [0, 0.05) is 41.9 Å². The van der Waals surface area contributed by atoms with Crippen molar-refractivity contribution >= 4 is 16.8 Å². The molecule has 0 atom stereocenters. The van der Waals surface area contributed by atoms with Crippen molar-refractivity contribution in [3.63, 3.8) is 0 Å². The highest BCUT2D eigenvalue weighted by Gasteiger charge is 2.25. The third-order valence-electron chi connectivity index (χ3n) is 6.07. The lowest BCUT2D eigenvalue weighted by molar-refractivity contribution is 0.0914. The molecular formula is C23H24N6O. The SMILES string of the molecule is Cn1c(C(=O)NC2CCC(n3cc(-c4ccncn4)cn3)CC2)cc2ccccc21. The van der Waals surface area contributed by atoms with E-state index in [0.717, 1.165) is 47.8 Å². The van der Waals surface area contributed by atoms with Gasteiger partial charge in [0.15, 0.2) is 0 Å². The van der Waals surface area contributed by atoms with Gasteiger partial charge in [0.2, 0.25) is 0 Å². The number of amides is 1. The Bertz CT molecular complexity index is 1170. The highest BCUT2D eigenvalue weighted by Crippen LogP contribution is 2.29. The van der Waals surface area contributed by atoms with Crippen LogP contribution in [0.25, 0.3) is 22.2 Å². The molecule has 7 nitrogen and oxygen atoms in total. The van der Waals surface area contributed by atoms with Gasteiger partial charge in [-0.25, -0.2) is 9.97 Å². The summed E-state index contributed by atoms with van der Waals surface area (Å²) in [5, 5.41) is 8.87. The van der Waals surface area contributed by atoms with Crippen molar-refractivity contribution in [1.82, 2.24) is 29.6 Å². The second-order valence-electron chi connectivity index (χ2n) is 7.93. The number of carbonyl (C=O) groups is 1. The van der Waals surface area contributed by atoms with Gasteiger partial charge >= 0.3 is 0 Å². The number of para-hydroxylation sites is 1. The summed E-state index contributed by atoms with van der Waals surface area (Å²) in [5.41, 5.74) is 3.67. The molecule has 1 amide bonds. The maximum atomic E-state index is 12.9. The fraction of sp³-hybridized carbons (Fsp3) is 0.304. The van der Waals surface area contributed by atoms with Crippen molar-refractivity contribution in [3.8, 4) is 11.3 Å². The van der Waals surface area contributed by atoms with Crippen molar-refractivity contribution in [2.24, 2.45) is 7.05 Å². The molecule has 0 spiro atoms. The first kappa shape index (κ1) is 18.5. The summed E-state index contributed by atoms with van der Waals surface area (Å²) in [6.07, 6.45) is 11.1. The summed E-state index contributed by atoms with van der Waals surface area (Å²) >= 11 is 0. The Morgan fingerprint density at radius 2 is 1.97 bits per heavy atom. The quantitative estimate of drug-likeness (QED) is 0.566. The molecule has 0 aliphatic heterocycles. The molecule has 4 aromatic rings. The number of nitrogens with one attached hydrogen (secondary N) is 1. The Morgan fingerprint density at radius 1 is 1.13 bits per heavy atom. The van der Waals surface area contributed by atoms with Crippen LogP contribution in [0.1, 0.15) is 42.2 Å². The molecule has 152 valence electrons. The second kappa shape index (κ2) is 7.74. The van der Waals surface area contributed by atoms with Crippen LogP contribution in [-0.4, -0.2) is 36.3 Å². The number of hydrogen-bond donors (Lipinski definition) is 1. The molecule has 1 saturated carbocycles. The van der Waals surface area contributed by atoms with Gasteiger partial charge in [0.1, 0.15) is 12.0 Å². The largest absolute Gasteiger partial charge is 0.348 e. The highest BCUT2D eigenvalue weighted by molar-refractivity contribution is 5.98. The molecule has 0 saturated heterocycles. The molecule has 0 unspecified atom stereocenters. The molecule has 1 fully saturated rings. The maximum Gasteiger partial charge on any atom is 0.268 e. The summed E-state index contributed by atoms with van der Waals surface area (Å²) in [5.74, 6) is 0.00212. The van der Waals surface area contributed by atoms with E-state index in [-0.39, 0.29) is 11.9 Å². The lowest BCUT2D eigenvalue weighted by Gasteiger charge is -2.29. The molecule has 5 rings (SSSR count). The van der Waals surface area contributed by atoms with Gasteiger partial charge in [-0.1, -0.05) is 18.2 Å². The number of hydrogen-bond acceptors (Lipinski definition) is 4. The van der Waals surface area contributed by atoms with Crippen LogP contribution < -0.4 is 5.32 Å². The number of carbonyl (C=O) groups excluding carboxylic acids is 1. The van der Waals surface area contributed by atoms with Crippen LogP contribution in [0.4, 0.5) is 0 Å².